The van der Waals surface area contributed by atoms with Crippen molar-refractivity contribution in [3.05, 3.63) is 54.4 Å². The number of carbonyl (C=O) groups is 1. The normalized spacial score (nSPS) is 20.1. The standard InChI is InChI=1S/C25H31N5O/c31-24(27-17-19-12-14-26-15-13-19)20-7-6-16-29(18-20)25-28-22-10-4-5-11-23(22)30(25)21-8-2-1-3-9-21/h4-5,10-15,20-21H,1-3,6-9,16-18H2,(H,27,31)/t20-/m0/s1. The van der Waals surface area contributed by atoms with Gasteiger partial charge in [0.1, 0.15) is 0 Å². The highest BCUT2D eigenvalue weighted by atomic mass is 16.1. The molecule has 1 saturated heterocycles. The van der Waals surface area contributed by atoms with Crippen LogP contribution in [0.4, 0.5) is 5.95 Å². The number of para-hydroxylation sites is 2. The minimum atomic E-state index is -0.00444. The van der Waals surface area contributed by atoms with Gasteiger partial charge in [-0.25, -0.2) is 4.98 Å². The van der Waals surface area contributed by atoms with Crippen LogP contribution in [0.25, 0.3) is 11.0 Å². The fourth-order valence-electron chi connectivity index (χ4n) is 5.16. The first kappa shape index (κ1) is 20.0. The van der Waals surface area contributed by atoms with Gasteiger partial charge >= 0.3 is 0 Å². The van der Waals surface area contributed by atoms with Crippen molar-refractivity contribution in [3.8, 4) is 0 Å². The van der Waals surface area contributed by atoms with Gasteiger partial charge in [0.2, 0.25) is 11.9 Å². The molecule has 0 spiro atoms. The summed E-state index contributed by atoms with van der Waals surface area (Å²) in [5, 5.41) is 3.12. The second-order valence-corrected chi connectivity index (χ2v) is 8.92. The molecule has 31 heavy (non-hydrogen) atoms. The van der Waals surface area contributed by atoms with Crippen LogP contribution in [0.15, 0.2) is 48.8 Å². The summed E-state index contributed by atoms with van der Waals surface area (Å²) in [6.07, 6.45) is 11.8. The number of imidazole rings is 1. The zero-order chi connectivity index (χ0) is 21.0. The van der Waals surface area contributed by atoms with E-state index in [1.54, 1.807) is 12.4 Å². The molecule has 6 nitrogen and oxygen atoms in total. The summed E-state index contributed by atoms with van der Waals surface area (Å²) >= 11 is 0. The van der Waals surface area contributed by atoms with E-state index in [4.69, 9.17) is 4.98 Å². The van der Waals surface area contributed by atoms with Gasteiger partial charge in [-0.1, -0.05) is 31.4 Å². The maximum atomic E-state index is 12.9. The summed E-state index contributed by atoms with van der Waals surface area (Å²) in [4.78, 5) is 24.4. The lowest BCUT2D eigenvalue weighted by molar-refractivity contribution is -0.125. The van der Waals surface area contributed by atoms with Crippen LogP contribution in [0.3, 0.4) is 0 Å². The van der Waals surface area contributed by atoms with Crippen molar-refractivity contribution in [3.63, 3.8) is 0 Å². The molecule has 6 heteroatoms. The van der Waals surface area contributed by atoms with Gasteiger partial charge in [-0.15, -0.1) is 0 Å². The number of hydrogen-bond donors (Lipinski definition) is 1. The minimum Gasteiger partial charge on any atom is -0.352 e. The molecule has 162 valence electrons. The Labute approximate surface area is 183 Å². The number of amides is 1. The highest BCUT2D eigenvalue weighted by Gasteiger charge is 2.30. The Kier molecular flexibility index (Phi) is 5.87. The maximum Gasteiger partial charge on any atom is 0.225 e. The van der Waals surface area contributed by atoms with Crippen molar-refractivity contribution in [2.45, 2.75) is 57.5 Å². The summed E-state index contributed by atoms with van der Waals surface area (Å²) in [6.45, 7) is 2.25. The van der Waals surface area contributed by atoms with Crippen LogP contribution in [0, 0.1) is 5.92 Å². The second-order valence-electron chi connectivity index (χ2n) is 8.92. The van der Waals surface area contributed by atoms with Crippen LogP contribution in [0.2, 0.25) is 0 Å². The molecule has 0 radical (unpaired) electrons. The van der Waals surface area contributed by atoms with Gasteiger partial charge in [-0.05, 0) is 55.5 Å². The van der Waals surface area contributed by atoms with E-state index in [1.807, 2.05) is 12.1 Å². The lowest BCUT2D eigenvalue weighted by Gasteiger charge is -2.35. The predicted molar refractivity (Wildman–Crippen MR) is 123 cm³/mol. The molecular weight excluding hydrogens is 386 g/mol. The third-order valence-corrected chi connectivity index (χ3v) is 6.81. The van der Waals surface area contributed by atoms with Crippen molar-refractivity contribution < 1.29 is 4.79 Å². The molecule has 2 aliphatic rings. The maximum absolute atomic E-state index is 12.9. The molecule has 2 fully saturated rings. The topological polar surface area (TPSA) is 63.1 Å². The molecule has 1 amide bonds. The monoisotopic (exact) mass is 417 g/mol. The predicted octanol–water partition coefficient (Wildman–Crippen LogP) is 4.47. The van der Waals surface area contributed by atoms with Crippen molar-refractivity contribution >= 4 is 22.9 Å². The first-order chi connectivity index (χ1) is 15.3. The van der Waals surface area contributed by atoms with Crippen molar-refractivity contribution in [1.82, 2.24) is 19.9 Å². The molecule has 1 atom stereocenters. The fraction of sp³-hybridized carbons (Fsp3) is 0.480. The summed E-state index contributed by atoms with van der Waals surface area (Å²) in [5.74, 6) is 1.19. The van der Waals surface area contributed by atoms with E-state index in [9.17, 15) is 4.79 Å². The van der Waals surface area contributed by atoms with Crippen LogP contribution >= 0.6 is 0 Å². The second kappa shape index (κ2) is 9.08. The van der Waals surface area contributed by atoms with Crippen molar-refractivity contribution in [2.75, 3.05) is 18.0 Å². The van der Waals surface area contributed by atoms with Gasteiger partial charge in [0, 0.05) is 38.1 Å². The SMILES string of the molecule is O=C(NCc1ccncc1)[C@H]1CCCN(c2nc3ccccc3n2C2CCCCC2)C1. The van der Waals surface area contributed by atoms with Crippen LogP contribution < -0.4 is 10.2 Å². The van der Waals surface area contributed by atoms with E-state index in [0.717, 1.165) is 43.0 Å². The van der Waals surface area contributed by atoms with Gasteiger partial charge in [0.15, 0.2) is 0 Å². The van der Waals surface area contributed by atoms with E-state index < -0.39 is 0 Å². The van der Waals surface area contributed by atoms with E-state index >= 15 is 0 Å². The fourth-order valence-corrected chi connectivity index (χ4v) is 5.16. The molecule has 1 saturated carbocycles. The summed E-state index contributed by atoms with van der Waals surface area (Å²) in [7, 11) is 0. The number of nitrogens with zero attached hydrogens (tertiary/aromatic N) is 4. The summed E-state index contributed by atoms with van der Waals surface area (Å²) in [5.41, 5.74) is 3.37. The molecule has 1 aliphatic heterocycles. The number of aromatic nitrogens is 3. The van der Waals surface area contributed by atoms with Gasteiger partial charge in [-0.2, -0.15) is 0 Å². The van der Waals surface area contributed by atoms with E-state index in [1.165, 1.54) is 37.6 Å². The molecule has 2 aromatic heterocycles. The number of carbonyl (C=O) groups excluding carboxylic acids is 1. The third kappa shape index (κ3) is 4.29. The summed E-state index contributed by atoms with van der Waals surface area (Å²) < 4.78 is 2.48. The van der Waals surface area contributed by atoms with Crippen LogP contribution in [-0.2, 0) is 11.3 Å². The average molecular weight is 418 g/mol. The molecule has 3 heterocycles. The number of pyridine rings is 1. The molecule has 3 aromatic rings. The summed E-state index contributed by atoms with van der Waals surface area (Å²) in [6, 6.07) is 12.9. The Morgan fingerprint density at radius 1 is 1.00 bits per heavy atom. The Hall–Kier alpha value is -2.89. The number of nitrogens with one attached hydrogen (secondary N) is 1. The number of fused-ring (bicyclic) bond motifs is 1. The van der Waals surface area contributed by atoms with Gasteiger partial charge in [-0.3, -0.25) is 9.78 Å². The van der Waals surface area contributed by atoms with Crippen LogP contribution in [0.1, 0.15) is 56.6 Å². The molecule has 0 bridgehead atoms. The number of piperidine rings is 1. The third-order valence-electron chi connectivity index (χ3n) is 6.81. The molecule has 1 aliphatic carbocycles. The first-order valence-electron chi connectivity index (χ1n) is 11.7. The van der Waals surface area contributed by atoms with Gasteiger partial charge in [0.25, 0.3) is 0 Å². The van der Waals surface area contributed by atoms with Crippen LogP contribution in [0.5, 0.6) is 0 Å². The lowest BCUT2D eigenvalue weighted by Crippen LogP contribution is -2.44. The number of benzene rings is 1. The first-order valence-corrected chi connectivity index (χ1v) is 11.7. The zero-order valence-corrected chi connectivity index (χ0v) is 18.0. The highest BCUT2D eigenvalue weighted by Crippen LogP contribution is 2.36. The number of anilines is 1. The van der Waals surface area contributed by atoms with Crippen molar-refractivity contribution in [2.24, 2.45) is 5.92 Å². The largest absolute Gasteiger partial charge is 0.352 e. The molecule has 1 N–H and O–H groups in total. The molecule has 1 aromatic carbocycles. The molecule has 5 rings (SSSR count). The Balaban J connectivity index is 1.35. The van der Waals surface area contributed by atoms with Gasteiger partial charge in [0.05, 0.1) is 17.0 Å². The number of rotatable bonds is 5. The lowest BCUT2D eigenvalue weighted by atomic mass is 9.95. The van der Waals surface area contributed by atoms with Crippen molar-refractivity contribution in [1.29, 1.82) is 0 Å². The average Bonchev–Trinajstić information content (AvgIpc) is 3.23. The smallest absolute Gasteiger partial charge is 0.225 e. The van der Waals surface area contributed by atoms with E-state index in [-0.39, 0.29) is 11.8 Å². The zero-order valence-electron chi connectivity index (χ0n) is 18.0. The number of hydrogen-bond acceptors (Lipinski definition) is 4. The Bertz CT molecular complexity index is 1020. The molecular formula is C25H31N5O. The Morgan fingerprint density at radius 3 is 2.65 bits per heavy atom. The molecule has 0 unspecified atom stereocenters. The van der Waals surface area contributed by atoms with Gasteiger partial charge < -0.3 is 14.8 Å². The quantitative estimate of drug-likeness (QED) is 0.665. The van der Waals surface area contributed by atoms with E-state index in [2.05, 4.69) is 44.0 Å². The Morgan fingerprint density at radius 2 is 1.81 bits per heavy atom. The van der Waals surface area contributed by atoms with E-state index in [0.29, 0.717) is 12.6 Å². The highest BCUT2D eigenvalue weighted by molar-refractivity contribution is 5.81. The van der Waals surface area contributed by atoms with Crippen LogP contribution in [-0.4, -0.2) is 33.5 Å². The minimum absolute atomic E-state index is 0.00444.